The maximum atomic E-state index is 12.7. The van der Waals surface area contributed by atoms with Crippen molar-refractivity contribution in [1.82, 2.24) is 10.2 Å². The fourth-order valence-corrected chi connectivity index (χ4v) is 3.50. The summed E-state index contributed by atoms with van der Waals surface area (Å²) in [5, 5.41) is 3.23. The number of amides is 1. The molecule has 4 heteroatoms. The van der Waals surface area contributed by atoms with Crippen LogP contribution in [-0.4, -0.2) is 37.6 Å². The minimum Gasteiger partial charge on any atom is -0.497 e. The molecule has 0 aliphatic carbocycles. The van der Waals surface area contributed by atoms with E-state index < -0.39 is 0 Å². The van der Waals surface area contributed by atoms with Gasteiger partial charge in [0.2, 0.25) is 5.91 Å². The summed E-state index contributed by atoms with van der Waals surface area (Å²) in [6.07, 6.45) is 4.93. The molecule has 0 radical (unpaired) electrons. The number of nitrogens with one attached hydrogen (secondary N) is 1. The van der Waals surface area contributed by atoms with Gasteiger partial charge in [0.25, 0.3) is 0 Å². The Kier molecular flexibility index (Phi) is 6.67. The van der Waals surface area contributed by atoms with E-state index in [0.717, 1.165) is 30.0 Å². The molecule has 0 spiro atoms. The third-order valence-corrected chi connectivity index (χ3v) is 4.95. The number of hydrogen-bond donors (Lipinski definition) is 1. The van der Waals surface area contributed by atoms with Crippen LogP contribution in [0.3, 0.4) is 0 Å². The number of ether oxygens (including phenoxy) is 1. The third-order valence-electron chi connectivity index (χ3n) is 4.95. The van der Waals surface area contributed by atoms with Gasteiger partial charge in [0.15, 0.2) is 0 Å². The van der Waals surface area contributed by atoms with Crippen LogP contribution in [0.4, 0.5) is 0 Å². The molecule has 1 N–H and O–H groups in total. The summed E-state index contributed by atoms with van der Waals surface area (Å²) in [6, 6.07) is 17.9. The van der Waals surface area contributed by atoms with Crippen LogP contribution in [0.15, 0.2) is 54.6 Å². The van der Waals surface area contributed by atoms with Crippen LogP contribution < -0.4 is 10.1 Å². The van der Waals surface area contributed by atoms with Crippen molar-refractivity contribution in [1.29, 1.82) is 0 Å². The van der Waals surface area contributed by atoms with Gasteiger partial charge < -0.3 is 10.1 Å². The van der Waals surface area contributed by atoms with E-state index in [2.05, 4.69) is 22.3 Å². The highest BCUT2D eigenvalue weighted by atomic mass is 16.5. The molecule has 2 aromatic rings. The van der Waals surface area contributed by atoms with Crippen LogP contribution in [0.25, 0.3) is 0 Å². The summed E-state index contributed by atoms with van der Waals surface area (Å²) in [5.41, 5.74) is 2.14. The van der Waals surface area contributed by atoms with E-state index in [4.69, 9.17) is 4.74 Å². The van der Waals surface area contributed by atoms with Crippen molar-refractivity contribution in [2.45, 2.75) is 31.7 Å². The van der Waals surface area contributed by atoms with Crippen molar-refractivity contribution in [3.05, 3.63) is 65.7 Å². The number of benzene rings is 2. The third kappa shape index (κ3) is 5.09. The second kappa shape index (κ2) is 9.39. The first-order valence-electron chi connectivity index (χ1n) is 9.47. The van der Waals surface area contributed by atoms with E-state index >= 15 is 0 Å². The molecular weight excluding hydrogens is 324 g/mol. The Labute approximate surface area is 156 Å². The van der Waals surface area contributed by atoms with Crippen LogP contribution in [-0.2, 0) is 4.79 Å². The lowest BCUT2D eigenvalue weighted by atomic mass is 9.98. The molecule has 0 bridgehead atoms. The molecule has 2 aromatic carbocycles. The molecule has 1 atom stereocenters. The quantitative estimate of drug-likeness (QED) is 0.860. The molecule has 3 rings (SSSR count). The topological polar surface area (TPSA) is 41.6 Å². The number of carbonyl (C=O) groups is 1. The zero-order chi connectivity index (χ0) is 18.2. The first kappa shape index (κ1) is 18.5. The maximum Gasteiger partial charge on any atom is 0.234 e. The van der Waals surface area contributed by atoms with Gasteiger partial charge in [-0.05, 0) is 49.2 Å². The molecule has 138 valence electrons. The second-order valence-corrected chi connectivity index (χ2v) is 6.87. The summed E-state index contributed by atoms with van der Waals surface area (Å²) in [7, 11) is 1.66. The normalized spacial score (nSPS) is 16.5. The number of rotatable bonds is 6. The molecule has 1 aliphatic heterocycles. The molecule has 1 amide bonds. The van der Waals surface area contributed by atoms with Crippen molar-refractivity contribution in [3.63, 3.8) is 0 Å². The number of methoxy groups -OCH3 is 1. The van der Waals surface area contributed by atoms with Crippen molar-refractivity contribution in [2.24, 2.45) is 0 Å². The van der Waals surface area contributed by atoms with E-state index in [1.54, 1.807) is 7.11 Å². The molecule has 1 heterocycles. The second-order valence-electron chi connectivity index (χ2n) is 6.87. The summed E-state index contributed by atoms with van der Waals surface area (Å²) >= 11 is 0. The van der Waals surface area contributed by atoms with E-state index in [0.29, 0.717) is 6.54 Å². The van der Waals surface area contributed by atoms with Crippen molar-refractivity contribution < 1.29 is 9.53 Å². The highest BCUT2D eigenvalue weighted by molar-refractivity contribution is 5.79. The lowest BCUT2D eigenvalue weighted by Gasteiger charge is -2.23. The largest absolute Gasteiger partial charge is 0.497 e. The minimum absolute atomic E-state index is 0.0802. The van der Waals surface area contributed by atoms with Crippen molar-refractivity contribution >= 4 is 5.91 Å². The summed E-state index contributed by atoms with van der Waals surface area (Å²) < 4.78 is 5.25. The Morgan fingerprint density at radius 1 is 0.962 bits per heavy atom. The lowest BCUT2D eigenvalue weighted by molar-refractivity contribution is -0.122. The molecular formula is C22H28N2O2. The fraction of sp³-hybridized carbons (Fsp3) is 0.409. The molecule has 26 heavy (non-hydrogen) atoms. The number of nitrogens with zero attached hydrogens (tertiary/aromatic N) is 1. The van der Waals surface area contributed by atoms with Crippen LogP contribution in [0.2, 0.25) is 0 Å². The Morgan fingerprint density at radius 3 is 2.19 bits per heavy atom. The Bertz CT molecular complexity index is 677. The van der Waals surface area contributed by atoms with Gasteiger partial charge in [0.05, 0.1) is 19.7 Å². The van der Waals surface area contributed by atoms with E-state index in [1.165, 1.54) is 25.7 Å². The van der Waals surface area contributed by atoms with Crippen LogP contribution in [0, 0.1) is 0 Å². The van der Waals surface area contributed by atoms with Gasteiger partial charge in [-0.25, -0.2) is 0 Å². The van der Waals surface area contributed by atoms with E-state index in [9.17, 15) is 4.79 Å². The summed E-state index contributed by atoms with van der Waals surface area (Å²) in [4.78, 5) is 15.0. The molecule has 0 aromatic heterocycles. The smallest absolute Gasteiger partial charge is 0.234 e. The van der Waals surface area contributed by atoms with Gasteiger partial charge in [-0.3, -0.25) is 9.69 Å². The molecule has 1 fully saturated rings. The molecule has 1 aliphatic rings. The molecule has 1 unspecified atom stereocenters. The first-order valence-corrected chi connectivity index (χ1v) is 9.47. The standard InChI is InChI=1S/C22H28N2O2/c1-26-20-13-11-19(12-14-20)22(18-9-5-4-6-10-18)23-21(25)17-24-15-7-2-3-8-16-24/h4-6,9-14,22H,2-3,7-8,15-17H2,1H3,(H,23,25). The zero-order valence-corrected chi connectivity index (χ0v) is 15.5. The molecule has 4 nitrogen and oxygen atoms in total. The maximum absolute atomic E-state index is 12.7. The number of hydrogen-bond acceptors (Lipinski definition) is 3. The summed E-state index contributed by atoms with van der Waals surface area (Å²) in [6.45, 7) is 2.51. The summed E-state index contributed by atoms with van der Waals surface area (Å²) in [5.74, 6) is 0.896. The van der Waals surface area contributed by atoms with Gasteiger partial charge in [-0.2, -0.15) is 0 Å². The predicted octanol–water partition coefficient (Wildman–Crippen LogP) is 3.78. The van der Waals surface area contributed by atoms with Crippen LogP contribution in [0.5, 0.6) is 5.75 Å². The lowest BCUT2D eigenvalue weighted by Crippen LogP contribution is -2.39. The van der Waals surface area contributed by atoms with Gasteiger partial charge in [-0.1, -0.05) is 55.3 Å². The molecule has 1 saturated heterocycles. The molecule has 0 saturated carbocycles. The Balaban J connectivity index is 1.73. The monoisotopic (exact) mass is 352 g/mol. The minimum atomic E-state index is -0.151. The Morgan fingerprint density at radius 2 is 1.58 bits per heavy atom. The Hall–Kier alpha value is -2.33. The fourth-order valence-electron chi connectivity index (χ4n) is 3.50. The van der Waals surface area contributed by atoms with E-state index in [-0.39, 0.29) is 11.9 Å². The average Bonchev–Trinajstić information content (AvgIpc) is 2.95. The van der Waals surface area contributed by atoms with Crippen molar-refractivity contribution in [2.75, 3.05) is 26.7 Å². The van der Waals surface area contributed by atoms with Gasteiger partial charge in [0, 0.05) is 0 Å². The first-order chi connectivity index (χ1) is 12.8. The van der Waals surface area contributed by atoms with Gasteiger partial charge >= 0.3 is 0 Å². The number of carbonyl (C=O) groups excluding carboxylic acids is 1. The van der Waals surface area contributed by atoms with Gasteiger partial charge in [0.1, 0.15) is 5.75 Å². The van der Waals surface area contributed by atoms with Crippen molar-refractivity contribution in [3.8, 4) is 5.75 Å². The zero-order valence-electron chi connectivity index (χ0n) is 15.5. The predicted molar refractivity (Wildman–Crippen MR) is 104 cm³/mol. The van der Waals surface area contributed by atoms with Gasteiger partial charge in [-0.15, -0.1) is 0 Å². The van der Waals surface area contributed by atoms with Crippen LogP contribution in [0.1, 0.15) is 42.9 Å². The average molecular weight is 352 g/mol. The number of likely N-dealkylation sites (tertiary alicyclic amines) is 1. The highest BCUT2D eigenvalue weighted by Crippen LogP contribution is 2.24. The SMILES string of the molecule is COc1ccc(C(NC(=O)CN2CCCCCC2)c2ccccc2)cc1. The van der Waals surface area contributed by atoms with E-state index in [1.807, 2.05) is 42.5 Å². The van der Waals surface area contributed by atoms with Crippen LogP contribution >= 0.6 is 0 Å². The highest BCUT2D eigenvalue weighted by Gasteiger charge is 2.19.